The summed E-state index contributed by atoms with van der Waals surface area (Å²) in [5.74, 6) is 0.956. The van der Waals surface area contributed by atoms with Crippen LogP contribution >= 0.6 is 0 Å². The first-order valence-electron chi connectivity index (χ1n) is 7.35. The standard InChI is InChI=1S/C15H26N2O2/c1-3-7-16-11-13-6-9-19-15(13)12-18-10-8-17(2)14-4-5-14/h6,9,14,16H,3-5,7-8,10-12H2,1-2H3. The van der Waals surface area contributed by atoms with Gasteiger partial charge in [-0.05, 0) is 38.9 Å². The zero-order valence-electron chi connectivity index (χ0n) is 12.2. The highest BCUT2D eigenvalue weighted by Gasteiger charge is 2.25. The molecule has 1 heterocycles. The van der Waals surface area contributed by atoms with Crippen molar-refractivity contribution in [2.24, 2.45) is 0 Å². The molecule has 2 rings (SSSR count). The average molecular weight is 266 g/mol. The average Bonchev–Trinajstić information content (AvgIpc) is 3.17. The first-order valence-corrected chi connectivity index (χ1v) is 7.35. The maximum atomic E-state index is 5.71. The smallest absolute Gasteiger partial charge is 0.133 e. The molecule has 0 radical (unpaired) electrons. The van der Waals surface area contributed by atoms with Gasteiger partial charge in [0, 0.05) is 24.7 Å². The molecule has 0 aliphatic heterocycles. The van der Waals surface area contributed by atoms with E-state index in [0.29, 0.717) is 6.61 Å². The number of likely N-dealkylation sites (N-methyl/N-ethyl adjacent to an activating group) is 1. The topological polar surface area (TPSA) is 37.6 Å². The van der Waals surface area contributed by atoms with Crippen LogP contribution in [0.25, 0.3) is 0 Å². The molecule has 1 aromatic rings. The van der Waals surface area contributed by atoms with Crippen LogP contribution in [0.15, 0.2) is 16.7 Å². The third-order valence-electron chi connectivity index (χ3n) is 3.57. The lowest BCUT2D eigenvalue weighted by Gasteiger charge is -2.15. The zero-order valence-corrected chi connectivity index (χ0v) is 12.2. The van der Waals surface area contributed by atoms with Crippen molar-refractivity contribution in [1.29, 1.82) is 0 Å². The number of nitrogens with zero attached hydrogens (tertiary/aromatic N) is 1. The highest BCUT2D eigenvalue weighted by molar-refractivity contribution is 5.16. The fourth-order valence-corrected chi connectivity index (χ4v) is 2.12. The Kier molecular flexibility index (Phi) is 5.89. The SMILES string of the molecule is CCCNCc1ccoc1COCCN(C)C1CC1. The Morgan fingerprint density at radius 2 is 2.32 bits per heavy atom. The van der Waals surface area contributed by atoms with Gasteiger partial charge >= 0.3 is 0 Å². The van der Waals surface area contributed by atoms with E-state index in [1.807, 2.05) is 6.07 Å². The molecule has 1 aliphatic carbocycles. The summed E-state index contributed by atoms with van der Waals surface area (Å²) in [5, 5.41) is 3.39. The lowest BCUT2D eigenvalue weighted by molar-refractivity contribution is 0.0856. The molecule has 4 nitrogen and oxygen atoms in total. The van der Waals surface area contributed by atoms with Crippen LogP contribution in [0.1, 0.15) is 37.5 Å². The van der Waals surface area contributed by atoms with Crippen molar-refractivity contribution in [3.8, 4) is 0 Å². The minimum atomic E-state index is 0.578. The van der Waals surface area contributed by atoms with Crippen LogP contribution in [0.2, 0.25) is 0 Å². The van der Waals surface area contributed by atoms with Crippen molar-refractivity contribution in [1.82, 2.24) is 10.2 Å². The van der Waals surface area contributed by atoms with Crippen molar-refractivity contribution in [3.05, 3.63) is 23.7 Å². The molecule has 0 saturated heterocycles. The molecule has 1 fully saturated rings. The van der Waals surface area contributed by atoms with E-state index < -0.39 is 0 Å². The summed E-state index contributed by atoms with van der Waals surface area (Å²) in [5.41, 5.74) is 1.21. The number of furan rings is 1. The van der Waals surface area contributed by atoms with Crippen LogP contribution in [0.3, 0.4) is 0 Å². The summed E-state index contributed by atoms with van der Waals surface area (Å²) >= 11 is 0. The van der Waals surface area contributed by atoms with Gasteiger partial charge in [-0.25, -0.2) is 0 Å². The molecule has 0 spiro atoms. The third-order valence-corrected chi connectivity index (χ3v) is 3.57. The van der Waals surface area contributed by atoms with E-state index in [1.54, 1.807) is 6.26 Å². The summed E-state index contributed by atoms with van der Waals surface area (Å²) < 4.78 is 11.2. The molecule has 19 heavy (non-hydrogen) atoms. The zero-order chi connectivity index (χ0) is 13.5. The molecule has 0 unspecified atom stereocenters. The van der Waals surface area contributed by atoms with Crippen LogP contribution in [-0.4, -0.2) is 37.7 Å². The second kappa shape index (κ2) is 7.68. The Balaban J connectivity index is 1.63. The van der Waals surface area contributed by atoms with Crippen LogP contribution in [-0.2, 0) is 17.9 Å². The van der Waals surface area contributed by atoms with E-state index in [-0.39, 0.29) is 0 Å². The highest BCUT2D eigenvalue weighted by atomic mass is 16.5. The highest BCUT2D eigenvalue weighted by Crippen LogP contribution is 2.24. The molecule has 0 atom stereocenters. The molecular formula is C15H26N2O2. The van der Waals surface area contributed by atoms with Crippen LogP contribution < -0.4 is 5.32 Å². The molecule has 1 aromatic heterocycles. The summed E-state index contributed by atoms with van der Waals surface area (Å²) in [6, 6.07) is 2.83. The van der Waals surface area contributed by atoms with Crippen molar-refractivity contribution < 1.29 is 9.15 Å². The van der Waals surface area contributed by atoms with Crippen molar-refractivity contribution in [2.75, 3.05) is 26.7 Å². The first-order chi connectivity index (χ1) is 9.31. The van der Waals surface area contributed by atoms with Gasteiger partial charge in [0.2, 0.25) is 0 Å². The summed E-state index contributed by atoms with van der Waals surface area (Å²) in [6.45, 7) is 6.43. The first kappa shape index (κ1) is 14.6. The monoisotopic (exact) mass is 266 g/mol. The maximum Gasteiger partial charge on any atom is 0.133 e. The molecule has 0 bridgehead atoms. The Morgan fingerprint density at radius 3 is 3.05 bits per heavy atom. The van der Waals surface area contributed by atoms with E-state index in [1.165, 1.54) is 18.4 Å². The lowest BCUT2D eigenvalue weighted by Crippen LogP contribution is -2.25. The van der Waals surface area contributed by atoms with Crippen molar-refractivity contribution in [2.45, 2.75) is 45.4 Å². The van der Waals surface area contributed by atoms with E-state index >= 15 is 0 Å². The fraction of sp³-hybridized carbons (Fsp3) is 0.733. The summed E-state index contributed by atoms with van der Waals surface area (Å²) in [6.07, 6.45) is 5.60. The second-order valence-corrected chi connectivity index (χ2v) is 5.31. The van der Waals surface area contributed by atoms with Gasteiger partial charge in [0.25, 0.3) is 0 Å². The van der Waals surface area contributed by atoms with Gasteiger partial charge in [-0.3, -0.25) is 0 Å². The van der Waals surface area contributed by atoms with Crippen LogP contribution in [0.4, 0.5) is 0 Å². The van der Waals surface area contributed by atoms with Gasteiger partial charge in [0.15, 0.2) is 0 Å². The molecule has 1 N–H and O–H groups in total. The fourth-order valence-electron chi connectivity index (χ4n) is 2.12. The van der Waals surface area contributed by atoms with Gasteiger partial charge in [-0.15, -0.1) is 0 Å². The molecule has 108 valence electrons. The Labute approximate surface area is 116 Å². The maximum absolute atomic E-state index is 5.71. The van der Waals surface area contributed by atoms with E-state index in [9.17, 15) is 0 Å². The van der Waals surface area contributed by atoms with E-state index in [2.05, 4.69) is 24.2 Å². The van der Waals surface area contributed by atoms with E-state index in [4.69, 9.17) is 9.15 Å². The Hall–Kier alpha value is -0.840. The Morgan fingerprint density at radius 1 is 1.47 bits per heavy atom. The molecule has 1 saturated carbocycles. The number of hydrogen-bond donors (Lipinski definition) is 1. The van der Waals surface area contributed by atoms with Crippen LogP contribution in [0.5, 0.6) is 0 Å². The minimum Gasteiger partial charge on any atom is -0.467 e. The second-order valence-electron chi connectivity index (χ2n) is 5.31. The van der Waals surface area contributed by atoms with Gasteiger partial charge in [0.1, 0.15) is 12.4 Å². The number of nitrogens with one attached hydrogen (secondary N) is 1. The predicted molar refractivity (Wildman–Crippen MR) is 76.0 cm³/mol. The number of rotatable bonds is 10. The minimum absolute atomic E-state index is 0.578. The van der Waals surface area contributed by atoms with Gasteiger partial charge in [-0.2, -0.15) is 0 Å². The van der Waals surface area contributed by atoms with Crippen LogP contribution in [0, 0.1) is 0 Å². The number of ether oxygens (including phenoxy) is 1. The van der Waals surface area contributed by atoms with Gasteiger partial charge < -0.3 is 19.4 Å². The van der Waals surface area contributed by atoms with E-state index in [0.717, 1.165) is 44.5 Å². The van der Waals surface area contributed by atoms with Gasteiger partial charge in [0.05, 0.1) is 12.9 Å². The summed E-state index contributed by atoms with van der Waals surface area (Å²) in [7, 11) is 2.17. The Bertz CT molecular complexity index is 361. The molecule has 0 aromatic carbocycles. The largest absolute Gasteiger partial charge is 0.467 e. The quantitative estimate of drug-likeness (QED) is 0.660. The molecular weight excluding hydrogens is 240 g/mol. The molecule has 4 heteroatoms. The van der Waals surface area contributed by atoms with Crippen molar-refractivity contribution >= 4 is 0 Å². The normalized spacial score (nSPS) is 15.3. The lowest BCUT2D eigenvalue weighted by atomic mass is 10.2. The molecule has 1 aliphatic rings. The predicted octanol–water partition coefficient (Wildman–Crippen LogP) is 2.39. The molecule has 0 amide bonds. The third kappa shape index (κ3) is 4.97. The van der Waals surface area contributed by atoms with Gasteiger partial charge in [-0.1, -0.05) is 6.92 Å². The number of hydrogen-bond acceptors (Lipinski definition) is 4. The summed E-state index contributed by atoms with van der Waals surface area (Å²) in [4.78, 5) is 2.38. The van der Waals surface area contributed by atoms with Crippen molar-refractivity contribution in [3.63, 3.8) is 0 Å².